The molecule has 5 rings (SSSR count). The highest BCUT2D eigenvalue weighted by Crippen LogP contribution is 2.40. The molecule has 7 nitrogen and oxygen atoms in total. The fourth-order valence-electron chi connectivity index (χ4n) is 6.46. The van der Waals surface area contributed by atoms with Crippen molar-refractivity contribution in [2.75, 3.05) is 0 Å². The molecule has 0 saturated carbocycles. The van der Waals surface area contributed by atoms with E-state index in [1.165, 1.54) is 19.3 Å². The molecule has 6 N–H and O–H groups in total. The maximum absolute atomic E-state index is 13.5. The van der Waals surface area contributed by atoms with Crippen molar-refractivity contribution in [2.45, 2.75) is 77.4 Å². The molecule has 0 aliphatic carbocycles. The molecule has 0 bridgehead atoms. The van der Waals surface area contributed by atoms with Crippen LogP contribution in [0.5, 0.6) is 0 Å². The highest BCUT2D eigenvalue weighted by atomic mass is 16.1. The number of nitrogens with one attached hydrogen (secondary N) is 2. The van der Waals surface area contributed by atoms with Gasteiger partial charge in [0, 0.05) is 40.2 Å². The van der Waals surface area contributed by atoms with E-state index < -0.39 is 0 Å². The molecule has 3 atom stereocenters. The van der Waals surface area contributed by atoms with E-state index in [2.05, 4.69) is 36.7 Å². The zero-order valence-electron chi connectivity index (χ0n) is 24.9. The van der Waals surface area contributed by atoms with Crippen molar-refractivity contribution in [3.05, 3.63) is 99.8 Å². The summed E-state index contributed by atoms with van der Waals surface area (Å²) < 4.78 is 0. The van der Waals surface area contributed by atoms with Gasteiger partial charge in [-0.2, -0.15) is 0 Å². The average Bonchev–Trinajstić information content (AvgIpc) is 2.98. The molecular formula is C35H42N6O. The van der Waals surface area contributed by atoms with Crippen LogP contribution in [0.1, 0.15) is 82.0 Å². The number of nitrogen functional groups attached to an aromatic ring is 1. The summed E-state index contributed by atoms with van der Waals surface area (Å²) in [6.45, 7) is 6.91. The largest absolute Gasteiger partial charge is 0.384 e. The molecule has 1 aliphatic rings. The van der Waals surface area contributed by atoms with Crippen LogP contribution in [0.4, 0.5) is 5.69 Å². The third-order valence-electron chi connectivity index (χ3n) is 8.59. The molecule has 218 valence electrons. The molecule has 7 heteroatoms. The van der Waals surface area contributed by atoms with Crippen molar-refractivity contribution in [3.63, 3.8) is 0 Å². The number of amidine groups is 2. The van der Waals surface area contributed by atoms with Crippen molar-refractivity contribution in [2.24, 2.45) is 16.5 Å². The number of benzene rings is 3. The van der Waals surface area contributed by atoms with E-state index in [9.17, 15) is 4.79 Å². The zero-order valence-corrected chi connectivity index (χ0v) is 24.9. The lowest BCUT2D eigenvalue weighted by Gasteiger charge is -2.45. The number of hydrogen-bond acceptors (Lipinski definition) is 4. The van der Waals surface area contributed by atoms with Gasteiger partial charge in [0.2, 0.25) is 0 Å². The van der Waals surface area contributed by atoms with E-state index in [0.29, 0.717) is 29.0 Å². The lowest BCUT2D eigenvalue weighted by molar-refractivity contribution is 0.0496. The molecule has 1 saturated heterocycles. The minimum atomic E-state index is -0.198. The smallest absolute Gasteiger partial charge is 0.256 e. The number of aromatic nitrogens is 1. The van der Waals surface area contributed by atoms with E-state index in [0.717, 1.165) is 52.5 Å². The van der Waals surface area contributed by atoms with Gasteiger partial charge in [-0.3, -0.25) is 15.1 Å². The fourth-order valence-corrected chi connectivity index (χ4v) is 6.46. The number of H-pyrrole nitrogens is 1. The van der Waals surface area contributed by atoms with Crippen LogP contribution in [-0.4, -0.2) is 33.6 Å². The lowest BCUT2D eigenvalue weighted by atomic mass is 9.88. The number of unbranched alkanes of at least 4 members (excludes halogenated alkanes) is 1. The third-order valence-corrected chi connectivity index (χ3v) is 8.59. The second-order valence-electron chi connectivity index (χ2n) is 11.6. The van der Waals surface area contributed by atoms with E-state index in [-0.39, 0.29) is 17.4 Å². The molecule has 1 aliphatic heterocycles. The molecule has 1 aromatic heterocycles. The quantitative estimate of drug-likeness (QED) is 0.129. The first kappa shape index (κ1) is 29.3. The van der Waals surface area contributed by atoms with Gasteiger partial charge in [-0.05, 0) is 68.5 Å². The first-order valence-electron chi connectivity index (χ1n) is 15.1. The van der Waals surface area contributed by atoms with Crippen LogP contribution in [0.25, 0.3) is 22.0 Å². The minimum Gasteiger partial charge on any atom is -0.384 e. The summed E-state index contributed by atoms with van der Waals surface area (Å²) >= 11 is 0. The second kappa shape index (κ2) is 12.7. The summed E-state index contributed by atoms with van der Waals surface area (Å²) in [7, 11) is 0. The third kappa shape index (κ3) is 6.16. The Hall–Kier alpha value is -4.23. The maximum Gasteiger partial charge on any atom is 0.256 e. The minimum absolute atomic E-state index is 0.0269. The van der Waals surface area contributed by atoms with Crippen LogP contribution in [0.15, 0.2) is 82.6 Å². The molecule has 4 aromatic rings. The standard InChI is InChI=1S/C35H42N6O/c1-4-5-17-32(41-22(2)11-9-12-23(41)3)30-19-27(39-34(38)24-13-7-6-8-14-24)20-31-29(30)21-28(35(42)40-31)25-15-10-16-26(18-25)33(36)37/h6-8,10,13-16,18-23,32H,4-5,9,11-12,17H2,1-3H3,(H3,36,37)(H2,38,39)(H,40,42). The van der Waals surface area contributed by atoms with Crippen LogP contribution in [0, 0.1) is 5.41 Å². The van der Waals surface area contributed by atoms with Crippen LogP contribution >= 0.6 is 0 Å². The van der Waals surface area contributed by atoms with Gasteiger partial charge in [0.1, 0.15) is 11.7 Å². The van der Waals surface area contributed by atoms with Crippen molar-refractivity contribution < 1.29 is 0 Å². The number of fused-ring (bicyclic) bond motifs is 1. The van der Waals surface area contributed by atoms with Gasteiger partial charge in [-0.25, -0.2) is 4.99 Å². The summed E-state index contributed by atoms with van der Waals surface area (Å²) in [5, 5.41) is 8.89. The molecule has 2 heterocycles. The summed E-state index contributed by atoms with van der Waals surface area (Å²) in [6, 6.07) is 24.2. The number of nitrogens with zero attached hydrogens (tertiary/aromatic N) is 2. The highest BCUT2D eigenvalue weighted by Gasteiger charge is 2.33. The average molecular weight is 563 g/mol. The van der Waals surface area contributed by atoms with Crippen LogP contribution in [0.2, 0.25) is 0 Å². The SMILES string of the molecule is CCCCC(c1cc(N=C(N)c2ccccc2)cc2[nH]c(=O)c(-c3cccc(C(=N)N)c3)cc12)N1C(C)CCCC1C. The Kier molecular flexibility index (Phi) is 8.88. The molecule has 1 fully saturated rings. The van der Waals surface area contributed by atoms with E-state index >= 15 is 0 Å². The Bertz CT molecular complexity index is 1650. The Labute approximate surface area is 248 Å². The monoisotopic (exact) mass is 562 g/mol. The first-order chi connectivity index (χ1) is 20.3. The summed E-state index contributed by atoms with van der Waals surface area (Å²) in [4.78, 5) is 24.2. The predicted molar refractivity (Wildman–Crippen MR) is 175 cm³/mol. The number of pyridine rings is 1. The van der Waals surface area contributed by atoms with Gasteiger partial charge in [0.25, 0.3) is 5.56 Å². The van der Waals surface area contributed by atoms with Crippen LogP contribution < -0.4 is 17.0 Å². The van der Waals surface area contributed by atoms with Gasteiger partial charge in [0.05, 0.1) is 11.2 Å². The Morgan fingerprint density at radius 1 is 1.00 bits per heavy atom. The van der Waals surface area contributed by atoms with Gasteiger partial charge < -0.3 is 16.5 Å². The molecule has 0 radical (unpaired) electrons. The number of nitrogens with two attached hydrogens (primary N) is 2. The zero-order chi connectivity index (χ0) is 29.8. The normalized spacial score (nSPS) is 18.7. The van der Waals surface area contributed by atoms with Crippen molar-refractivity contribution >= 4 is 28.3 Å². The Morgan fingerprint density at radius 3 is 2.40 bits per heavy atom. The van der Waals surface area contributed by atoms with E-state index in [1.807, 2.05) is 54.6 Å². The first-order valence-corrected chi connectivity index (χ1v) is 15.1. The molecule has 42 heavy (non-hydrogen) atoms. The van der Waals surface area contributed by atoms with Crippen LogP contribution in [-0.2, 0) is 0 Å². The van der Waals surface area contributed by atoms with Crippen molar-refractivity contribution in [3.8, 4) is 11.1 Å². The van der Waals surface area contributed by atoms with Gasteiger partial charge >= 0.3 is 0 Å². The summed E-state index contributed by atoms with van der Waals surface area (Å²) in [5.41, 5.74) is 17.4. The van der Waals surface area contributed by atoms with Crippen molar-refractivity contribution in [1.29, 1.82) is 5.41 Å². The topological polar surface area (TPSA) is 124 Å². The van der Waals surface area contributed by atoms with E-state index in [1.54, 1.807) is 12.1 Å². The predicted octanol–water partition coefficient (Wildman–Crippen LogP) is 7.01. The van der Waals surface area contributed by atoms with Crippen LogP contribution in [0.3, 0.4) is 0 Å². The molecule has 0 amide bonds. The molecule has 3 unspecified atom stereocenters. The maximum atomic E-state index is 13.5. The number of hydrogen-bond donors (Lipinski definition) is 4. The number of aromatic amines is 1. The van der Waals surface area contributed by atoms with Gasteiger partial charge in [-0.1, -0.05) is 74.7 Å². The molecule has 3 aromatic carbocycles. The molecule has 0 spiro atoms. The number of likely N-dealkylation sites (tertiary alicyclic amines) is 1. The summed E-state index contributed by atoms with van der Waals surface area (Å²) in [5.74, 6) is 0.409. The number of aliphatic imine (C=N–C) groups is 1. The molecular weight excluding hydrogens is 520 g/mol. The van der Waals surface area contributed by atoms with Gasteiger partial charge in [-0.15, -0.1) is 0 Å². The number of rotatable bonds is 9. The fraction of sp³-hybridized carbons (Fsp3) is 0.343. The van der Waals surface area contributed by atoms with Gasteiger partial charge in [0.15, 0.2) is 0 Å². The van der Waals surface area contributed by atoms with Crippen molar-refractivity contribution in [1.82, 2.24) is 9.88 Å². The van der Waals surface area contributed by atoms with E-state index in [4.69, 9.17) is 21.9 Å². The summed E-state index contributed by atoms with van der Waals surface area (Å²) in [6.07, 6.45) is 6.79. The number of piperidine rings is 1. The Balaban J connectivity index is 1.75. The Morgan fingerprint density at radius 2 is 1.71 bits per heavy atom. The second-order valence-corrected chi connectivity index (χ2v) is 11.6. The highest BCUT2D eigenvalue weighted by molar-refractivity contribution is 6.00. The lowest BCUT2D eigenvalue weighted by Crippen LogP contribution is -2.46.